The Morgan fingerprint density at radius 3 is 2.37 bits per heavy atom. The topological polar surface area (TPSA) is 137 Å². The van der Waals surface area contributed by atoms with Gasteiger partial charge in [0.15, 0.2) is 0 Å². The van der Waals surface area contributed by atoms with Crippen molar-refractivity contribution in [3.63, 3.8) is 0 Å². The molecule has 2 fully saturated rings. The summed E-state index contributed by atoms with van der Waals surface area (Å²) in [6, 6.07) is 11.6. The van der Waals surface area contributed by atoms with Crippen LogP contribution in [0.15, 0.2) is 54.2 Å². The Morgan fingerprint density at radius 1 is 0.935 bits per heavy atom. The number of hydrogen-bond acceptors (Lipinski definition) is 8. The third-order valence-corrected chi connectivity index (χ3v) is 10.5. The molecule has 1 saturated carbocycles. The van der Waals surface area contributed by atoms with Gasteiger partial charge in [-0.15, -0.1) is 11.3 Å². The van der Waals surface area contributed by atoms with Crippen LogP contribution in [0.4, 0.5) is 0 Å². The Kier molecular flexibility index (Phi) is 8.06. The summed E-state index contributed by atoms with van der Waals surface area (Å²) in [6.07, 6.45) is 4.82. The summed E-state index contributed by atoms with van der Waals surface area (Å²) < 4.78 is 6.59. The van der Waals surface area contributed by atoms with Gasteiger partial charge in [0.25, 0.3) is 17.7 Å². The van der Waals surface area contributed by atoms with Gasteiger partial charge in [-0.05, 0) is 43.0 Å². The first-order chi connectivity index (χ1) is 22.3. The van der Waals surface area contributed by atoms with E-state index >= 15 is 0 Å². The van der Waals surface area contributed by atoms with Crippen molar-refractivity contribution in [3.8, 4) is 5.75 Å². The molecule has 4 heterocycles. The number of nitrogens with zero attached hydrogens (tertiary/aromatic N) is 4. The minimum atomic E-state index is -0.977. The number of carbonyl (C=O) groups excluding carboxylic acids is 4. The lowest BCUT2D eigenvalue weighted by molar-refractivity contribution is -0.153. The van der Waals surface area contributed by atoms with Crippen molar-refractivity contribution in [3.05, 3.63) is 81.3 Å². The number of carbonyl (C=O) groups is 5. The van der Waals surface area contributed by atoms with Gasteiger partial charge in [-0.3, -0.25) is 33.9 Å². The van der Waals surface area contributed by atoms with Crippen LogP contribution >= 0.6 is 11.3 Å². The number of thiazole rings is 1. The molecule has 238 valence electrons. The number of likely N-dealkylation sites (tertiary alicyclic amines) is 1. The van der Waals surface area contributed by atoms with Crippen molar-refractivity contribution >= 4 is 40.9 Å². The van der Waals surface area contributed by atoms with Crippen LogP contribution < -0.4 is 4.74 Å². The molecule has 0 bridgehead atoms. The number of aliphatic carboxylic acids is 1. The second-order valence-corrected chi connectivity index (χ2v) is 13.3. The highest BCUT2D eigenvalue weighted by Crippen LogP contribution is 2.42. The summed E-state index contributed by atoms with van der Waals surface area (Å²) in [6.45, 7) is 1.15. The Labute approximate surface area is 269 Å². The van der Waals surface area contributed by atoms with Gasteiger partial charge in [-0.1, -0.05) is 37.1 Å². The number of ether oxygens (including phenoxy) is 1. The van der Waals surface area contributed by atoms with Gasteiger partial charge in [0, 0.05) is 25.1 Å². The van der Waals surface area contributed by atoms with Gasteiger partial charge in [0.05, 0.1) is 53.8 Å². The van der Waals surface area contributed by atoms with Gasteiger partial charge in [0.2, 0.25) is 5.91 Å². The fourth-order valence-corrected chi connectivity index (χ4v) is 8.06. The number of fused-ring (bicyclic) bond motifs is 2. The van der Waals surface area contributed by atoms with E-state index in [1.165, 1.54) is 16.2 Å². The zero-order chi connectivity index (χ0) is 31.9. The maximum atomic E-state index is 14.3. The van der Waals surface area contributed by atoms with Crippen LogP contribution in [-0.2, 0) is 16.0 Å². The predicted octanol–water partition coefficient (Wildman–Crippen LogP) is 4.05. The largest absolute Gasteiger partial charge is 0.488 e. The van der Waals surface area contributed by atoms with Crippen LogP contribution in [0.5, 0.6) is 5.75 Å². The van der Waals surface area contributed by atoms with E-state index in [1.54, 1.807) is 45.8 Å². The van der Waals surface area contributed by atoms with E-state index in [2.05, 4.69) is 4.98 Å². The van der Waals surface area contributed by atoms with Gasteiger partial charge in [-0.2, -0.15) is 0 Å². The number of amides is 4. The number of imide groups is 1. The fraction of sp³-hybridized carbons (Fsp3) is 0.412. The SMILES string of the molecule is O=C(O)[C@@H]1CCCCC1C(=O)N1CCc2cccc(O[C@H]3CCN(C(=O)c4cncs4)C3)c2[C@H]1CN1C(=O)c2ccccc2C1=O. The number of carboxylic acids is 1. The number of hydrogen-bond donors (Lipinski definition) is 1. The maximum Gasteiger partial charge on any atom is 0.307 e. The summed E-state index contributed by atoms with van der Waals surface area (Å²) in [7, 11) is 0. The summed E-state index contributed by atoms with van der Waals surface area (Å²) in [5.74, 6) is -3.12. The molecule has 0 radical (unpaired) electrons. The van der Waals surface area contributed by atoms with Gasteiger partial charge >= 0.3 is 5.97 Å². The highest BCUT2D eigenvalue weighted by molar-refractivity contribution is 7.11. The van der Waals surface area contributed by atoms with E-state index in [4.69, 9.17) is 4.74 Å². The molecule has 1 unspecified atom stereocenters. The van der Waals surface area contributed by atoms with Gasteiger partial charge in [0.1, 0.15) is 16.7 Å². The molecule has 3 aliphatic heterocycles. The normalized spacial score (nSPS) is 24.1. The van der Waals surface area contributed by atoms with Crippen molar-refractivity contribution in [2.45, 2.75) is 50.7 Å². The lowest BCUT2D eigenvalue weighted by atomic mass is 9.77. The van der Waals surface area contributed by atoms with Gasteiger partial charge < -0.3 is 19.6 Å². The van der Waals surface area contributed by atoms with E-state index in [9.17, 15) is 29.1 Å². The number of aromatic nitrogens is 1. The number of carboxylic acid groups (broad SMARTS) is 1. The Bertz CT molecular complexity index is 1670. The maximum absolute atomic E-state index is 14.3. The lowest BCUT2D eigenvalue weighted by Crippen LogP contribution is -2.50. The van der Waals surface area contributed by atoms with Crippen LogP contribution in [-0.4, -0.2) is 86.7 Å². The van der Waals surface area contributed by atoms with E-state index in [-0.39, 0.29) is 24.5 Å². The summed E-state index contributed by atoms with van der Waals surface area (Å²) in [5.41, 5.74) is 3.92. The second kappa shape index (κ2) is 12.3. The molecule has 0 spiro atoms. The molecule has 4 atom stereocenters. The Hall–Kier alpha value is -4.58. The van der Waals surface area contributed by atoms with Crippen LogP contribution in [0, 0.1) is 11.8 Å². The third-order valence-electron chi connectivity index (χ3n) is 9.77. The fourth-order valence-electron chi connectivity index (χ4n) is 7.47. The minimum Gasteiger partial charge on any atom is -0.488 e. The van der Waals surface area contributed by atoms with Crippen LogP contribution in [0.3, 0.4) is 0 Å². The van der Waals surface area contributed by atoms with E-state index in [0.29, 0.717) is 72.6 Å². The summed E-state index contributed by atoms with van der Waals surface area (Å²) in [5, 5.41) is 9.98. The average molecular weight is 643 g/mol. The van der Waals surface area contributed by atoms with Crippen LogP contribution in [0.1, 0.15) is 79.7 Å². The smallest absolute Gasteiger partial charge is 0.307 e. The zero-order valence-electron chi connectivity index (χ0n) is 25.2. The Balaban J connectivity index is 1.22. The molecule has 4 aliphatic rings. The monoisotopic (exact) mass is 642 g/mol. The molecule has 46 heavy (non-hydrogen) atoms. The van der Waals surface area contributed by atoms with Crippen molar-refractivity contribution in [1.82, 2.24) is 19.7 Å². The molecule has 12 heteroatoms. The highest BCUT2D eigenvalue weighted by atomic mass is 32.1. The van der Waals surface area contributed by atoms with E-state index in [1.807, 2.05) is 18.2 Å². The molecule has 3 aromatic rings. The van der Waals surface area contributed by atoms with Gasteiger partial charge in [-0.25, -0.2) is 0 Å². The number of benzene rings is 2. The van der Waals surface area contributed by atoms with Crippen molar-refractivity contribution in [2.75, 3.05) is 26.2 Å². The molecule has 1 saturated heterocycles. The van der Waals surface area contributed by atoms with Crippen LogP contribution in [0.25, 0.3) is 0 Å². The van der Waals surface area contributed by atoms with E-state index in [0.717, 1.165) is 18.4 Å². The minimum absolute atomic E-state index is 0.0867. The molecule has 4 amide bonds. The molecule has 1 N–H and O–H groups in total. The lowest BCUT2D eigenvalue weighted by Gasteiger charge is -2.42. The first-order valence-electron chi connectivity index (χ1n) is 15.8. The quantitative estimate of drug-likeness (QED) is 0.381. The molecular formula is C34H34N4O7S. The molecule has 11 nitrogen and oxygen atoms in total. The predicted molar refractivity (Wildman–Crippen MR) is 167 cm³/mol. The second-order valence-electron chi connectivity index (χ2n) is 12.4. The standard InChI is InChI=1S/C34H34N4O7S/c39-30(24-9-3-4-10-25(24)34(43)44)37-15-12-20-6-5-11-27(45-21-13-14-36(17-21)33(42)28-16-35-19-46-28)29(20)26(37)18-38-31(40)22-7-1-2-8-23(22)32(38)41/h1-2,5-8,11,16,19,21,24-26H,3-4,9-10,12-15,17-18H2,(H,43,44)/t21-,24?,25+,26+/m0/s1. The molecule has 1 aromatic heterocycles. The zero-order valence-corrected chi connectivity index (χ0v) is 26.0. The van der Waals surface area contributed by atoms with Crippen molar-refractivity contribution in [1.29, 1.82) is 0 Å². The summed E-state index contributed by atoms with van der Waals surface area (Å²) >= 11 is 1.29. The molecular weight excluding hydrogens is 608 g/mol. The molecule has 1 aliphatic carbocycles. The summed E-state index contributed by atoms with van der Waals surface area (Å²) in [4.78, 5) is 75.7. The third kappa shape index (κ3) is 5.34. The number of rotatable bonds is 7. The van der Waals surface area contributed by atoms with Crippen LogP contribution in [0.2, 0.25) is 0 Å². The first-order valence-corrected chi connectivity index (χ1v) is 16.6. The van der Waals surface area contributed by atoms with Crippen molar-refractivity contribution < 1.29 is 33.8 Å². The average Bonchev–Trinajstić information content (AvgIpc) is 3.83. The first kappa shape index (κ1) is 30.1. The Morgan fingerprint density at radius 2 is 1.67 bits per heavy atom. The molecule has 2 aromatic carbocycles. The van der Waals surface area contributed by atoms with E-state index < -0.39 is 35.7 Å². The van der Waals surface area contributed by atoms with Crippen molar-refractivity contribution in [2.24, 2.45) is 11.8 Å². The molecule has 7 rings (SSSR count). The highest BCUT2D eigenvalue weighted by Gasteiger charge is 2.45.